The quantitative estimate of drug-likeness (QED) is 0.777. The molecule has 2 amide bonds. The van der Waals surface area contributed by atoms with Gasteiger partial charge in [0.05, 0.1) is 18.7 Å². The molecule has 1 saturated heterocycles. The molecule has 0 spiro atoms. The predicted octanol–water partition coefficient (Wildman–Crippen LogP) is 0.705. The van der Waals surface area contributed by atoms with Gasteiger partial charge in [0.25, 0.3) is 0 Å². The molecule has 7 nitrogen and oxygen atoms in total. The summed E-state index contributed by atoms with van der Waals surface area (Å²) in [6.45, 7) is 1.20. The van der Waals surface area contributed by atoms with Crippen molar-refractivity contribution < 1.29 is 18.4 Å². The number of rotatable bonds is 6. The van der Waals surface area contributed by atoms with Gasteiger partial charge in [0, 0.05) is 50.6 Å². The van der Waals surface area contributed by atoms with Crippen LogP contribution >= 0.6 is 0 Å². The number of aromatic nitrogens is 2. The zero-order valence-electron chi connectivity index (χ0n) is 14.9. The molecule has 3 rings (SSSR count). The van der Waals surface area contributed by atoms with Gasteiger partial charge in [-0.25, -0.2) is 8.78 Å². The van der Waals surface area contributed by atoms with E-state index >= 15 is 0 Å². The van der Waals surface area contributed by atoms with E-state index in [1.165, 1.54) is 12.1 Å². The van der Waals surface area contributed by atoms with E-state index in [9.17, 15) is 18.4 Å². The lowest BCUT2D eigenvalue weighted by Gasteiger charge is -2.34. The van der Waals surface area contributed by atoms with Gasteiger partial charge in [0.1, 0.15) is 0 Å². The molecule has 2 aromatic rings. The van der Waals surface area contributed by atoms with E-state index in [1.807, 2.05) is 0 Å². The van der Waals surface area contributed by atoms with Crippen molar-refractivity contribution in [2.75, 3.05) is 13.1 Å². The Morgan fingerprint density at radius 1 is 1.41 bits per heavy atom. The molecule has 1 aromatic carbocycles. The molecule has 1 aliphatic heterocycles. The molecule has 0 saturated carbocycles. The van der Waals surface area contributed by atoms with Crippen LogP contribution in [0.1, 0.15) is 17.5 Å². The molecule has 1 aromatic heterocycles. The number of hydrogen-bond acceptors (Lipinski definition) is 4. The molecule has 1 aliphatic rings. The lowest BCUT2D eigenvalue weighted by atomic mass is 10.1. The fraction of sp³-hybridized carbons (Fsp3) is 0.389. The highest BCUT2D eigenvalue weighted by Crippen LogP contribution is 2.18. The Morgan fingerprint density at radius 3 is 2.96 bits per heavy atom. The van der Waals surface area contributed by atoms with Gasteiger partial charge in [0.15, 0.2) is 11.6 Å². The van der Waals surface area contributed by atoms with Crippen LogP contribution in [0.15, 0.2) is 30.6 Å². The van der Waals surface area contributed by atoms with Crippen LogP contribution in [0.4, 0.5) is 8.78 Å². The Morgan fingerprint density at radius 2 is 2.22 bits per heavy atom. The van der Waals surface area contributed by atoms with Crippen LogP contribution in [-0.2, 0) is 29.7 Å². The predicted molar refractivity (Wildman–Crippen MR) is 93.2 cm³/mol. The van der Waals surface area contributed by atoms with Gasteiger partial charge in [0.2, 0.25) is 11.8 Å². The number of aryl methyl sites for hydroxylation is 1. The second-order valence-electron chi connectivity index (χ2n) is 6.49. The molecule has 2 heterocycles. The van der Waals surface area contributed by atoms with E-state index in [-0.39, 0.29) is 30.3 Å². The first-order valence-corrected chi connectivity index (χ1v) is 8.63. The maximum atomic E-state index is 14.0. The Hall–Kier alpha value is -2.81. The number of halogens is 2. The second kappa shape index (κ2) is 8.26. The molecule has 1 unspecified atom stereocenters. The molecule has 144 valence electrons. The zero-order valence-corrected chi connectivity index (χ0v) is 14.9. The lowest BCUT2D eigenvalue weighted by Crippen LogP contribution is -2.56. The van der Waals surface area contributed by atoms with Crippen LogP contribution in [0.5, 0.6) is 0 Å². The van der Waals surface area contributed by atoms with Crippen LogP contribution in [0.25, 0.3) is 0 Å². The minimum atomic E-state index is -0.931. The van der Waals surface area contributed by atoms with Gasteiger partial charge in [-0.15, -0.1) is 0 Å². The molecule has 2 N–H and O–H groups in total. The summed E-state index contributed by atoms with van der Waals surface area (Å²) in [6.07, 6.45) is 3.36. The van der Waals surface area contributed by atoms with Gasteiger partial charge in [-0.1, -0.05) is 12.1 Å². The van der Waals surface area contributed by atoms with E-state index in [0.29, 0.717) is 19.6 Å². The van der Waals surface area contributed by atoms with Crippen LogP contribution in [0, 0.1) is 11.6 Å². The van der Waals surface area contributed by atoms with Crippen LogP contribution in [0.3, 0.4) is 0 Å². The third-order valence-electron chi connectivity index (χ3n) is 4.47. The smallest absolute Gasteiger partial charge is 0.237 e. The number of benzene rings is 1. The number of carbonyl (C=O) groups excluding carboxylic acids is 2. The van der Waals surface area contributed by atoms with Crippen molar-refractivity contribution in [2.24, 2.45) is 7.05 Å². The first kappa shape index (κ1) is 19.0. The molecule has 1 fully saturated rings. The molecule has 9 heteroatoms. The van der Waals surface area contributed by atoms with Crippen molar-refractivity contribution in [2.45, 2.75) is 25.6 Å². The fourth-order valence-corrected chi connectivity index (χ4v) is 3.07. The van der Waals surface area contributed by atoms with Crippen LogP contribution in [0.2, 0.25) is 0 Å². The molecule has 27 heavy (non-hydrogen) atoms. The summed E-state index contributed by atoms with van der Waals surface area (Å²) in [7, 11) is 1.78. The summed E-state index contributed by atoms with van der Waals surface area (Å²) in [5, 5.41) is 9.49. The standard InChI is InChI=1S/C18H21F2N5O2/c1-24-10-12(9-23-24)8-22-16(26)7-15-18(27)21-5-6-25(15)11-13-3-2-4-14(19)17(13)20/h2-4,9-10,15H,5-8,11H2,1H3,(H,21,27)(H,22,26). The molecule has 1 atom stereocenters. The molecule has 0 bridgehead atoms. The summed E-state index contributed by atoms with van der Waals surface area (Å²) in [5.41, 5.74) is 1.00. The van der Waals surface area contributed by atoms with E-state index < -0.39 is 17.7 Å². The highest BCUT2D eigenvalue weighted by Gasteiger charge is 2.32. The van der Waals surface area contributed by atoms with E-state index in [1.54, 1.807) is 29.0 Å². The number of piperazine rings is 1. The highest BCUT2D eigenvalue weighted by atomic mass is 19.2. The van der Waals surface area contributed by atoms with Gasteiger partial charge >= 0.3 is 0 Å². The fourth-order valence-electron chi connectivity index (χ4n) is 3.07. The number of nitrogens with one attached hydrogen (secondary N) is 2. The summed E-state index contributed by atoms with van der Waals surface area (Å²) in [4.78, 5) is 26.2. The van der Waals surface area contributed by atoms with Crippen molar-refractivity contribution >= 4 is 11.8 Å². The van der Waals surface area contributed by atoms with Crippen molar-refractivity contribution in [3.8, 4) is 0 Å². The highest BCUT2D eigenvalue weighted by molar-refractivity contribution is 5.88. The number of carbonyl (C=O) groups is 2. The number of nitrogens with zero attached hydrogens (tertiary/aromatic N) is 3. The SMILES string of the molecule is Cn1cc(CNC(=O)CC2C(=O)NCCN2Cc2cccc(F)c2F)cn1. The summed E-state index contributed by atoms with van der Waals surface area (Å²) < 4.78 is 29.0. The van der Waals surface area contributed by atoms with Crippen molar-refractivity contribution in [1.29, 1.82) is 0 Å². The molecule has 0 radical (unpaired) electrons. The normalized spacial score (nSPS) is 17.6. The van der Waals surface area contributed by atoms with Crippen molar-refractivity contribution in [3.63, 3.8) is 0 Å². The van der Waals surface area contributed by atoms with Crippen LogP contribution < -0.4 is 10.6 Å². The number of hydrogen-bond donors (Lipinski definition) is 2. The van der Waals surface area contributed by atoms with Gasteiger partial charge in [-0.05, 0) is 6.07 Å². The maximum absolute atomic E-state index is 14.0. The summed E-state index contributed by atoms with van der Waals surface area (Å²) in [5.74, 6) is -2.46. The average Bonchev–Trinajstić information content (AvgIpc) is 3.05. The van der Waals surface area contributed by atoms with E-state index in [0.717, 1.165) is 11.6 Å². The largest absolute Gasteiger partial charge is 0.353 e. The number of amides is 2. The van der Waals surface area contributed by atoms with Gasteiger partial charge < -0.3 is 10.6 Å². The van der Waals surface area contributed by atoms with Crippen molar-refractivity contribution in [3.05, 3.63) is 53.4 Å². The molecular weight excluding hydrogens is 356 g/mol. The van der Waals surface area contributed by atoms with Crippen LogP contribution in [-0.4, -0.2) is 45.6 Å². The first-order chi connectivity index (χ1) is 12.9. The van der Waals surface area contributed by atoms with Crippen molar-refractivity contribution in [1.82, 2.24) is 25.3 Å². The van der Waals surface area contributed by atoms with Gasteiger partial charge in [-0.3, -0.25) is 19.2 Å². The second-order valence-corrected chi connectivity index (χ2v) is 6.49. The molecular formula is C18H21F2N5O2. The zero-order chi connectivity index (χ0) is 19.4. The van der Waals surface area contributed by atoms with Gasteiger partial charge in [-0.2, -0.15) is 5.10 Å². The summed E-state index contributed by atoms with van der Waals surface area (Å²) >= 11 is 0. The minimum absolute atomic E-state index is 0.0531. The third-order valence-corrected chi connectivity index (χ3v) is 4.47. The topological polar surface area (TPSA) is 79.3 Å². The third kappa shape index (κ3) is 4.68. The maximum Gasteiger partial charge on any atom is 0.237 e. The first-order valence-electron chi connectivity index (χ1n) is 8.63. The molecule has 0 aliphatic carbocycles. The monoisotopic (exact) mass is 377 g/mol. The summed E-state index contributed by atoms with van der Waals surface area (Å²) in [6, 6.07) is 3.21. The van der Waals surface area contributed by atoms with E-state index in [2.05, 4.69) is 15.7 Å². The average molecular weight is 377 g/mol. The minimum Gasteiger partial charge on any atom is -0.353 e. The Bertz CT molecular complexity index is 839. The van der Waals surface area contributed by atoms with E-state index in [4.69, 9.17) is 0 Å². The Kier molecular flexibility index (Phi) is 5.80. The lowest BCUT2D eigenvalue weighted by molar-refractivity contribution is -0.134. The Balaban J connectivity index is 1.64. The Labute approximate surface area is 155 Å².